The van der Waals surface area contributed by atoms with Crippen LogP contribution >= 0.6 is 12.4 Å². The number of halogens is 1. The molecule has 0 N–H and O–H groups in total. The van der Waals surface area contributed by atoms with Crippen molar-refractivity contribution in [1.82, 2.24) is 4.90 Å². The Kier molecular flexibility index (Phi) is 5.53. The number of hydrogen-bond acceptors (Lipinski definition) is 4. The fraction of sp³-hybridized carbons (Fsp3) is 0.333. The quantitative estimate of drug-likeness (QED) is 0.759. The van der Waals surface area contributed by atoms with E-state index in [4.69, 9.17) is 9.47 Å². The van der Waals surface area contributed by atoms with Crippen molar-refractivity contribution in [2.45, 2.75) is 0 Å². The van der Waals surface area contributed by atoms with E-state index < -0.39 is 5.41 Å². The molecule has 0 spiro atoms. The van der Waals surface area contributed by atoms with Gasteiger partial charge in [0, 0.05) is 24.6 Å². The number of hydrogen-bond donors (Lipinski definition) is 0. The molecule has 2 aromatic rings. The number of amides is 1. The zero-order valence-electron chi connectivity index (χ0n) is 15.1. The molecule has 2 aliphatic heterocycles. The van der Waals surface area contributed by atoms with Gasteiger partial charge in [-0.2, -0.15) is 0 Å². The minimum absolute atomic E-state index is 0. The van der Waals surface area contributed by atoms with Gasteiger partial charge in [0.1, 0.15) is 5.41 Å². The number of fused-ring (bicyclic) bond motifs is 1. The molecule has 1 amide bonds. The summed E-state index contributed by atoms with van der Waals surface area (Å²) < 4.78 is 10.5. The molecule has 4 rings (SSSR count). The van der Waals surface area contributed by atoms with E-state index in [1.807, 2.05) is 54.6 Å². The number of carbonyl (C=O) groups is 2. The van der Waals surface area contributed by atoms with Crippen LogP contribution in [0.2, 0.25) is 0 Å². The van der Waals surface area contributed by atoms with Crippen LogP contribution in [0.5, 0.6) is 0 Å². The van der Waals surface area contributed by atoms with E-state index in [-0.39, 0.29) is 30.2 Å². The summed E-state index contributed by atoms with van der Waals surface area (Å²) in [7, 11) is 1.39. The van der Waals surface area contributed by atoms with Crippen LogP contribution in [0.3, 0.4) is 0 Å². The second kappa shape index (κ2) is 7.71. The van der Waals surface area contributed by atoms with Crippen molar-refractivity contribution in [2.24, 2.45) is 11.3 Å². The zero-order valence-corrected chi connectivity index (χ0v) is 15.9. The van der Waals surface area contributed by atoms with E-state index in [1.165, 1.54) is 7.11 Å². The second-order valence-electron chi connectivity index (χ2n) is 6.96. The van der Waals surface area contributed by atoms with Crippen molar-refractivity contribution < 1.29 is 19.1 Å². The lowest BCUT2D eigenvalue weighted by molar-refractivity contribution is -0.153. The Labute approximate surface area is 164 Å². The fourth-order valence-electron chi connectivity index (χ4n) is 4.09. The summed E-state index contributed by atoms with van der Waals surface area (Å²) in [5, 5.41) is 0. The third-order valence-corrected chi connectivity index (χ3v) is 5.50. The molecular weight excluding hydrogens is 366 g/mol. The molecule has 0 bridgehead atoms. The van der Waals surface area contributed by atoms with E-state index in [0.29, 0.717) is 31.9 Å². The molecule has 5 nitrogen and oxygen atoms in total. The van der Waals surface area contributed by atoms with E-state index in [2.05, 4.69) is 0 Å². The number of nitrogens with zero attached hydrogens (tertiary/aromatic N) is 1. The Morgan fingerprint density at radius 2 is 1.81 bits per heavy atom. The van der Waals surface area contributed by atoms with Crippen LogP contribution in [0.25, 0.3) is 11.1 Å². The summed E-state index contributed by atoms with van der Waals surface area (Å²) in [5.74, 6) is -0.350. The number of benzene rings is 2. The maximum atomic E-state index is 13.3. The van der Waals surface area contributed by atoms with E-state index in [1.54, 1.807) is 4.90 Å². The van der Waals surface area contributed by atoms with Crippen molar-refractivity contribution in [3.8, 4) is 11.1 Å². The summed E-state index contributed by atoms with van der Waals surface area (Å²) >= 11 is 0. The highest BCUT2D eigenvalue weighted by atomic mass is 35.5. The van der Waals surface area contributed by atoms with Crippen molar-refractivity contribution >= 4 is 24.3 Å². The van der Waals surface area contributed by atoms with Crippen LogP contribution in [0.15, 0.2) is 54.6 Å². The lowest BCUT2D eigenvalue weighted by Crippen LogP contribution is -2.41. The normalized spacial score (nSPS) is 23.4. The molecular formula is C21H22ClNO4. The van der Waals surface area contributed by atoms with Crippen LogP contribution in [0.4, 0.5) is 0 Å². The first-order valence-corrected chi connectivity index (χ1v) is 8.75. The second-order valence-corrected chi connectivity index (χ2v) is 6.96. The minimum atomic E-state index is -0.730. The van der Waals surface area contributed by atoms with Gasteiger partial charge in [0.15, 0.2) is 0 Å². The van der Waals surface area contributed by atoms with Crippen LogP contribution in [0.1, 0.15) is 10.4 Å². The van der Waals surface area contributed by atoms with Gasteiger partial charge in [0.25, 0.3) is 5.91 Å². The third kappa shape index (κ3) is 3.22. The Hall–Kier alpha value is -2.37. The van der Waals surface area contributed by atoms with Gasteiger partial charge in [-0.25, -0.2) is 0 Å². The van der Waals surface area contributed by atoms with Crippen LogP contribution in [0, 0.1) is 11.3 Å². The summed E-state index contributed by atoms with van der Waals surface area (Å²) in [6, 6.07) is 17.5. The maximum Gasteiger partial charge on any atom is 0.316 e. The van der Waals surface area contributed by atoms with Crippen molar-refractivity contribution in [3.05, 3.63) is 60.2 Å². The predicted molar refractivity (Wildman–Crippen MR) is 104 cm³/mol. The van der Waals surface area contributed by atoms with Crippen molar-refractivity contribution in [2.75, 3.05) is 33.4 Å². The molecule has 0 unspecified atom stereocenters. The summed E-state index contributed by atoms with van der Waals surface area (Å²) in [4.78, 5) is 27.4. The summed E-state index contributed by atoms with van der Waals surface area (Å²) in [6.07, 6.45) is 0. The molecule has 2 aromatic carbocycles. The van der Waals surface area contributed by atoms with Gasteiger partial charge >= 0.3 is 5.97 Å². The first-order valence-electron chi connectivity index (χ1n) is 8.75. The molecule has 2 saturated heterocycles. The largest absolute Gasteiger partial charge is 0.468 e. The van der Waals surface area contributed by atoms with Gasteiger partial charge in [0.2, 0.25) is 0 Å². The Morgan fingerprint density at radius 1 is 1.11 bits per heavy atom. The van der Waals surface area contributed by atoms with E-state index in [9.17, 15) is 9.59 Å². The van der Waals surface area contributed by atoms with Crippen LogP contribution < -0.4 is 0 Å². The third-order valence-electron chi connectivity index (χ3n) is 5.50. The first-order chi connectivity index (χ1) is 12.7. The number of ether oxygens (including phenoxy) is 2. The standard InChI is InChI=1S/C21H21NO4.ClH/c1-25-20(24)21-13-22(11-16(21)12-26-14-21)19(23)18-10-6-5-9-17(18)15-7-3-2-4-8-15;/h2-10,16H,11-14H2,1H3;1H/t16-,21-;/m0./s1. The van der Waals surface area contributed by atoms with Gasteiger partial charge in [-0.05, 0) is 17.2 Å². The molecule has 2 heterocycles. The Morgan fingerprint density at radius 3 is 2.56 bits per heavy atom. The highest BCUT2D eigenvalue weighted by Crippen LogP contribution is 2.43. The molecule has 0 saturated carbocycles. The summed E-state index contributed by atoms with van der Waals surface area (Å²) in [5.41, 5.74) is 1.83. The molecule has 0 aromatic heterocycles. The highest BCUT2D eigenvalue weighted by molar-refractivity contribution is 6.01. The minimum Gasteiger partial charge on any atom is -0.468 e. The molecule has 0 aliphatic carbocycles. The number of esters is 1. The van der Waals surface area contributed by atoms with Crippen molar-refractivity contribution in [3.63, 3.8) is 0 Å². The van der Waals surface area contributed by atoms with E-state index in [0.717, 1.165) is 11.1 Å². The maximum absolute atomic E-state index is 13.3. The molecule has 2 fully saturated rings. The van der Waals surface area contributed by atoms with Gasteiger partial charge in [0.05, 0.1) is 20.3 Å². The molecule has 2 aliphatic rings. The van der Waals surface area contributed by atoms with Crippen LogP contribution in [-0.2, 0) is 14.3 Å². The topological polar surface area (TPSA) is 55.8 Å². The van der Waals surface area contributed by atoms with E-state index >= 15 is 0 Å². The summed E-state index contributed by atoms with van der Waals surface area (Å²) in [6.45, 7) is 1.65. The number of likely N-dealkylation sites (tertiary alicyclic amines) is 1. The predicted octanol–water partition coefficient (Wildman–Crippen LogP) is 3.04. The average Bonchev–Trinajstić information content (AvgIpc) is 3.26. The van der Waals surface area contributed by atoms with Gasteiger partial charge in [-0.15, -0.1) is 12.4 Å². The smallest absolute Gasteiger partial charge is 0.316 e. The number of methoxy groups -OCH3 is 1. The number of carbonyl (C=O) groups excluding carboxylic acids is 2. The SMILES string of the molecule is COC(=O)[C@@]12COC[C@@H]1CN(C(=O)c1ccccc1-c1ccccc1)C2.Cl. The van der Waals surface area contributed by atoms with Gasteiger partial charge in [-0.1, -0.05) is 48.5 Å². The molecule has 2 atom stereocenters. The van der Waals surface area contributed by atoms with Gasteiger partial charge in [-0.3, -0.25) is 9.59 Å². The first kappa shape index (κ1) is 19.4. The van der Waals surface area contributed by atoms with Crippen molar-refractivity contribution in [1.29, 1.82) is 0 Å². The molecule has 0 radical (unpaired) electrons. The monoisotopic (exact) mass is 387 g/mol. The number of rotatable bonds is 3. The highest BCUT2D eigenvalue weighted by Gasteiger charge is 2.57. The Balaban J connectivity index is 0.00000210. The fourth-order valence-corrected chi connectivity index (χ4v) is 4.09. The lowest BCUT2D eigenvalue weighted by Gasteiger charge is -2.24. The zero-order chi connectivity index (χ0) is 18.1. The molecule has 27 heavy (non-hydrogen) atoms. The average molecular weight is 388 g/mol. The van der Waals surface area contributed by atoms with Crippen LogP contribution in [-0.4, -0.2) is 50.2 Å². The Bertz CT molecular complexity index is 841. The molecule has 6 heteroatoms. The lowest BCUT2D eigenvalue weighted by atomic mass is 9.81. The molecule has 142 valence electrons. The van der Waals surface area contributed by atoms with Gasteiger partial charge < -0.3 is 14.4 Å².